The number of piperidine rings is 1. The first-order chi connectivity index (χ1) is 12.4. The first kappa shape index (κ1) is 18.5. The molecule has 26 heavy (non-hydrogen) atoms. The molecule has 0 saturated carbocycles. The Bertz CT molecular complexity index is 734. The standard InChI is InChI=1S/C18H23N3O5/c1-12-5-6-14(10-15(12)21(25)26)20-17(23)11-16(18(20)24)19-8-3-2-4-13(19)7-9-22/h5-6,10,13,16,22H,2-4,7-9,11H2,1H3. The molecule has 1 N–H and O–H groups in total. The van der Waals surface area contributed by atoms with Crippen LogP contribution in [0.4, 0.5) is 11.4 Å². The molecule has 8 heteroatoms. The van der Waals surface area contributed by atoms with Crippen LogP contribution in [0.5, 0.6) is 0 Å². The van der Waals surface area contributed by atoms with Gasteiger partial charge in [-0.15, -0.1) is 0 Å². The molecule has 1 aromatic carbocycles. The Morgan fingerprint density at radius 1 is 1.31 bits per heavy atom. The molecular weight excluding hydrogens is 338 g/mol. The highest BCUT2D eigenvalue weighted by molar-refractivity contribution is 6.22. The molecule has 0 radical (unpaired) electrons. The van der Waals surface area contributed by atoms with Gasteiger partial charge >= 0.3 is 0 Å². The highest BCUT2D eigenvalue weighted by Crippen LogP contribution is 2.32. The Labute approximate surface area is 151 Å². The van der Waals surface area contributed by atoms with Crippen LogP contribution in [0.2, 0.25) is 0 Å². The van der Waals surface area contributed by atoms with Crippen molar-refractivity contribution in [2.75, 3.05) is 18.1 Å². The lowest BCUT2D eigenvalue weighted by Gasteiger charge is -2.38. The fourth-order valence-corrected chi connectivity index (χ4v) is 3.97. The van der Waals surface area contributed by atoms with Crippen LogP contribution in [0, 0.1) is 17.0 Å². The number of carbonyl (C=O) groups is 2. The van der Waals surface area contributed by atoms with Crippen molar-refractivity contribution in [1.82, 2.24) is 4.90 Å². The monoisotopic (exact) mass is 361 g/mol. The number of benzene rings is 1. The lowest BCUT2D eigenvalue weighted by molar-refractivity contribution is -0.385. The minimum atomic E-state index is -0.556. The summed E-state index contributed by atoms with van der Waals surface area (Å²) in [6.07, 6.45) is 3.55. The van der Waals surface area contributed by atoms with Crippen LogP contribution in [0.3, 0.4) is 0 Å². The summed E-state index contributed by atoms with van der Waals surface area (Å²) < 4.78 is 0. The summed E-state index contributed by atoms with van der Waals surface area (Å²) in [5.74, 6) is -0.676. The van der Waals surface area contributed by atoms with Crippen LogP contribution < -0.4 is 4.90 Å². The number of amides is 2. The number of carbonyl (C=O) groups excluding carboxylic acids is 2. The Hall–Kier alpha value is -2.32. The van der Waals surface area contributed by atoms with E-state index in [4.69, 9.17) is 0 Å². The SMILES string of the molecule is Cc1ccc(N2C(=O)CC(N3CCCCC3CCO)C2=O)cc1[N+](=O)[O-]. The predicted octanol–water partition coefficient (Wildman–Crippen LogP) is 1.77. The quantitative estimate of drug-likeness (QED) is 0.487. The van der Waals surface area contributed by atoms with Crippen LogP contribution in [0.1, 0.15) is 37.7 Å². The molecule has 0 bridgehead atoms. The number of likely N-dealkylation sites (tertiary alicyclic amines) is 1. The predicted molar refractivity (Wildman–Crippen MR) is 94.8 cm³/mol. The van der Waals surface area contributed by atoms with E-state index in [-0.39, 0.29) is 42.3 Å². The van der Waals surface area contributed by atoms with E-state index >= 15 is 0 Å². The molecule has 0 aromatic heterocycles. The van der Waals surface area contributed by atoms with E-state index in [2.05, 4.69) is 0 Å². The number of hydrogen-bond acceptors (Lipinski definition) is 6. The summed E-state index contributed by atoms with van der Waals surface area (Å²) in [6.45, 7) is 2.38. The number of nitro benzene ring substituents is 1. The summed E-state index contributed by atoms with van der Waals surface area (Å²) in [4.78, 5) is 39.2. The highest BCUT2D eigenvalue weighted by atomic mass is 16.6. The van der Waals surface area contributed by atoms with E-state index < -0.39 is 11.0 Å². The third kappa shape index (κ3) is 3.34. The lowest BCUT2D eigenvalue weighted by atomic mass is 9.97. The van der Waals surface area contributed by atoms with Gasteiger partial charge in [-0.05, 0) is 38.8 Å². The third-order valence-electron chi connectivity index (χ3n) is 5.31. The highest BCUT2D eigenvalue weighted by Gasteiger charge is 2.45. The summed E-state index contributed by atoms with van der Waals surface area (Å²) in [6, 6.07) is 3.94. The maximum absolute atomic E-state index is 13.0. The number of aryl methyl sites for hydroxylation is 1. The number of rotatable bonds is 5. The van der Waals surface area contributed by atoms with Crippen molar-refractivity contribution < 1.29 is 19.6 Å². The second-order valence-corrected chi connectivity index (χ2v) is 6.91. The maximum Gasteiger partial charge on any atom is 0.274 e. The van der Waals surface area contributed by atoms with Gasteiger partial charge in [0, 0.05) is 24.3 Å². The van der Waals surface area contributed by atoms with Crippen LogP contribution in [0.15, 0.2) is 18.2 Å². The van der Waals surface area contributed by atoms with Crippen LogP contribution in [-0.4, -0.2) is 52.0 Å². The van der Waals surface area contributed by atoms with Gasteiger partial charge in [0.15, 0.2) is 0 Å². The number of aliphatic hydroxyl groups is 1. The van der Waals surface area contributed by atoms with Crippen molar-refractivity contribution in [3.05, 3.63) is 33.9 Å². The molecule has 2 heterocycles. The Morgan fingerprint density at radius 3 is 2.77 bits per heavy atom. The maximum atomic E-state index is 13.0. The van der Waals surface area contributed by atoms with Crippen molar-refractivity contribution >= 4 is 23.2 Å². The molecule has 2 atom stereocenters. The van der Waals surface area contributed by atoms with Gasteiger partial charge in [-0.2, -0.15) is 0 Å². The smallest absolute Gasteiger partial charge is 0.274 e. The van der Waals surface area contributed by atoms with Gasteiger partial charge < -0.3 is 5.11 Å². The van der Waals surface area contributed by atoms with Crippen molar-refractivity contribution in [3.8, 4) is 0 Å². The molecule has 2 unspecified atom stereocenters. The molecule has 3 rings (SSSR count). The summed E-state index contributed by atoms with van der Waals surface area (Å²) in [7, 11) is 0. The number of hydrogen-bond donors (Lipinski definition) is 1. The van der Waals surface area contributed by atoms with E-state index in [1.165, 1.54) is 6.07 Å². The fraction of sp³-hybridized carbons (Fsp3) is 0.556. The van der Waals surface area contributed by atoms with Crippen molar-refractivity contribution in [2.45, 2.75) is 51.1 Å². The van der Waals surface area contributed by atoms with Gasteiger partial charge in [0.05, 0.1) is 23.1 Å². The molecule has 0 spiro atoms. The largest absolute Gasteiger partial charge is 0.396 e. The zero-order valence-corrected chi connectivity index (χ0v) is 14.8. The van der Waals surface area contributed by atoms with Gasteiger partial charge in [0.1, 0.15) is 0 Å². The van der Waals surface area contributed by atoms with Crippen molar-refractivity contribution in [2.24, 2.45) is 0 Å². The topological polar surface area (TPSA) is 104 Å². The van der Waals surface area contributed by atoms with E-state index in [9.17, 15) is 24.8 Å². The number of nitro groups is 1. The molecule has 2 amide bonds. The zero-order chi connectivity index (χ0) is 18.8. The van der Waals surface area contributed by atoms with Crippen LogP contribution >= 0.6 is 0 Å². The molecule has 8 nitrogen and oxygen atoms in total. The molecule has 0 aliphatic carbocycles. The number of imide groups is 1. The van der Waals surface area contributed by atoms with E-state index in [1.807, 2.05) is 4.90 Å². The van der Waals surface area contributed by atoms with Crippen LogP contribution in [-0.2, 0) is 9.59 Å². The Morgan fingerprint density at radius 2 is 2.08 bits per heavy atom. The van der Waals surface area contributed by atoms with Crippen molar-refractivity contribution in [3.63, 3.8) is 0 Å². The van der Waals surface area contributed by atoms with E-state index in [1.54, 1.807) is 19.1 Å². The minimum absolute atomic E-state index is 0.0455. The molecule has 2 aliphatic rings. The molecular formula is C18H23N3O5. The summed E-state index contributed by atoms with van der Waals surface area (Å²) in [5.41, 5.74) is 0.617. The zero-order valence-electron chi connectivity index (χ0n) is 14.8. The normalized spacial score (nSPS) is 24.3. The molecule has 2 aliphatic heterocycles. The number of aliphatic hydroxyl groups excluding tert-OH is 1. The fourth-order valence-electron chi connectivity index (χ4n) is 3.97. The third-order valence-corrected chi connectivity index (χ3v) is 5.31. The average molecular weight is 361 g/mol. The van der Waals surface area contributed by atoms with Gasteiger partial charge in [-0.3, -0.25) is 24.6 Å². The second kappa shape index (κ2) is 7.51. The van der Waals surface area contributed by atoms with Gasteiger partial charge in [0.2, 0.25) is 5.91 Å². The van der Waals surface area contributed by atoms with Gasteiger partial charge in [-0.1, -0.05) is 12.5 Å². The second-order valence-electron chi connectivity index (χ2n) is 6.91. The summed E-state index contributed by atoms with van der Waals surface area (Å²) in [5, 5.41) is 20.4. The van der Waals surface area contributed by atoms with Crippen LogP contribution in [0.25, 0.3) is 0 Å². The number of anilines is 1. The van der Waals surface area contributed by atoms with E-state index in [0.29, 0.717) is 12.0 Å². The molecule has 2 saturated heterocycles. The van der Waals surface area contributed by atoms with E-state index in [0.717, 1.165) is 30.7 Å². The molecule has 140 valence electrons. The molecule has 1 aromatic rings. The lowest BCUT2D eigenvalue weighted by Crippen LogP contribution is -2.50. The average Bonchev–Trinajstić information content (AvgIpc) is 2.90. The minimum Gasteiger partial charge on any atom is -0.396 e. The van der Waals surface area contributed by atoms with Gasteiger partial charge in [-0.25, -0.2) is 4.90 Å². The summed E-state index contributed by atoms with van der Waals surface area (Å²) >= 11 is 0. The molecule has 2 fully saturated rings. The number of nitrogens with zero attached hydrogens (tertiary/aromatic N) is 3. The van der Waals surface area contributed by atoms with Gasteiger partial charge in [0.25, 0.3) is 11.6 Å². The van der Waals surface area contributed by atoms with Crippen molar-refractivity contribution in [1.29, 1.82) is 0 Å². The Balaban J connectivity index is 1.87. The Kier molecular flexibility index (Phi) is 5.33. The first-order valence-corrected chi connectivity index (χ1v) is 8.92. The first-order valence-electron chi connectivity index (χ1n) is 8.92.